The van der Waals surface area contributed by atoms with Crippen LogP contribution in [0.3, 0.4) is 0 Å². The minimum atomic E-state index is -0.437. The molecule has 6 heteroatoms. The van der Waals surface area contributed by atoms with Crippen molar-refractivity contribution in [3.63, 3.8) is 0 Å². The minimum absolute atomic E-state index is 0.00926. The highest BCUT2D eigenvalue weighted by molar-refractivity contribution is 7.98. The van der Waals surface area contributed by atoms with Gasteiger partial charge in [0.1, 0.15) is 0 Å². The molecule has 110 valence electrons. The Kier molecular flexibility index (Phi) is 3.96. The molecule has 0 saturated heterocycles. The second kappa shape index (κ2) is 5.89. The smallest absolute Gasteiger partial charge is 0.237 e. The number of aromatic amines is 1. The van der Waals surface area contributed by atoms with Crippen LogP contribution in [0, 0.1) is 0 Å². The van der Waals surface area contributed by atoms with Crippen LogP contribution in [0.25, 0.3) is 0 Å². The average Bonchev–Trinajstić information content (AvgIpc) is 3.18. The fraction of sp³-hybridized carbons (Fsp3) is 0.400. The van der Waals surface area contributed by atoms with Gasteiger partial charge in [0.15, 0.2) is 0 Å². The average molecular weight is 302 g/mol. The number of benzene rings is 1. The normalized spacial score (nSPS) is 16.8. The Morgan fingerprint density at radius 3 is 2.62 bits per heavy atom. The number of carbonyl (C=O) groups excluding carboxylic acids is 1. The Morgan fingerprint density at radius 1 is 1.29 bits per heavy atom. The summed E-state index contributed by atoms with van der Waals surface area (Å²) in [5.74, 6) is 0.432. The van der Waals surface area contributed by atoms with Crippen LogP contribution < -0.4 is 5.32 Å². The Labute approximate surface area is 127 Å². The van der Waals surface area contributed by atoms with Crippen LogP contribution in [0.1, 0.15) is 31.2 Å². The molecular formula is C15H18N4OS. The topological polar surface area (TPSA) is 70.7 Å². The molecule has 1 aliphatic carbocycles. The van der Waals surface area contributed by atoms with Gasteiger partial charge in [-0.05, 0) is 24.7 Å². The quantitative estimate of drug-likeness (QED) is 0.852. The van der Waals surface area contributed by atoms with Crippen molar-refractivity contribution < 1.29 is 4.79 Å². The first-order valence-corrected chi connectivity index (χ1v) is 8.30. The highest BCUT2D eigenvalue weighted by Crippen LogP contribution is 2.41. The van der Waals surface area contributed by atoms with Crippen LogP contribution in [-0.2, 0) is 10.2 Å². The number of amides is 1. The van der Waals surface area contributed by atoms with Crippen LogP contribution in [0.5, 0.6) is 0 Å². The maximum absolute atomic E-state index is 12.8. The molecule has 0 bridgehead atoms. The summed E-state index contributed by atoms with van der Waals surface area (Å²) >= 11 is 1.44. The van der Waals surface area contributed by atoms with Gasteiger partial charge in [0, 0.05) is 0 Å². The van der Waals surface area contributed by atoms with Crippen LogP contribution in [-0.4, -0.2) is 27.3 Å². The molecule has 2 N–H and O–H groups in total. The van der Waals surface area contributed by atoms with E-state index < -0.39 is 5.41 Å². The van der Waals surface area contributed by atoms with Crippen LogP contribution >= 0.6 is 11.8 Å². The molecule has 0 radical (unpaired) electrons. The summed E-state index contributed by atoms with van der Waals surface area (Å²) in [4.78, 5) is 17.1. The van der Waals surface area contributed by atoms with Crippen molar-refractivity contribution in [3.8, 4) is 0 Å². The molecule has 21 heavy (non-hydrogen) atoms. The zero-order chi connectivity index (χ0) is 14.7. The zero-order valence-corrected chi connectivity index (χ0v) is 12.7. The van der Waals surface area contributed by atoms with Crippen LogP contribution in [0.4, 0.5) is 5.95 Å². The van der Waals surface area contributed by atoms with Crippen molar-refractivity contribution in [2.75, 3.05) is 11.6 Å². The van der Waals surface area contributed by atoms with Gasteiger partial charge in [0.25, 0.3) is 0 Å². The molecule has 0 spiro atoms. The van der Waals surface area contributed by atoms with E-state index in [4.69, 9.17) is 0 Å². The Hall–Kier alpha value is -1.82. The van der Waals surface area contributed by atoms with E-state index in [0.29, 0.717) is 11.1 Å². The fourth-order valence-electron chi connectivity index (χ4n) is 3.00. The van der Waals surface area contributed by atoms with Gasteiger partial charge >= 0.3 is 0 Å². The molecule has 3 rings (SSSR count). The number of nitrogens with one attached hydrogen (secondary N) is 2. The van der Waals surface area contributed by atoms with Crippen molar-refractivity contribution in [1.29, 1.82) is 0 Å². The Balaban J connectivity index is 1.85. The van der Waals surface area contributed by atoms with E-state index in [2.05, 4.69) is 20.5 Å². The number of carbonyl (C=O) groups is 1. The highest BCUT2D eigenvalue weighted by atomic mass is 32.2. The first-order chi connectivity index (χ1) is 10.2. The van der Waals surface area contributed by atoms with Gasteiger partial charge < -0.3 is 0 Å². The second-order valence-electron chi connectivity index (χ2n) is 5.28. The number of hydrogen-bond acceptors (Lipinski definition) is 4. The third-order valence-corrected chi connectivity index (χ3v) is 4.65. The lowest BCUT2D eigenvalue weighted by Crippen LogP contribution is -2.38. The van der Waals surface area contributed by atoms with Gasteiger partial charge in [-0.1, -0.05) is 54.9 Å². The number of rotatable bonds is 4. The number of H-pyrrole nitrogens is 1. The molecule has 1 fully saturated rings. The molecule has 1 aliphatic rings. The van der Waals surface area contributed by atoms with Gasteiger partial charge in [-0.3, -0.25) is 10.1 Å². The monoisotopic (exact) mass is 302 g/mol. The molecule has 1 amide bonds. The number of thioether (sulfide) groups is 1. The van der Waals surface area contributed by atoms with E-state index >= 15 is 0 Å². The number of nitrogens with zero attached hydrogens (tertiary/aromatic N) is 2. The Morgan fingerprint density at radius 2 is 2.00 bits per heavy atom. The van der Waals surface area contributed by atoms with Gasteiger partial charge in [0.05, 0.1) is 5.41 Å². The number of anilines is 1. The molecule has 2 aromatic rings. The predicted molar refractivity (Wildman–Crippen MR) is 83.4 cm³/mol. The third kappa shape index (κ3) is 2.68. The van der Waals surface area contributed by atoms with Crippen LogP contribution in [0.2, 0.25) is 0 Å². The summed E-state index contributed by atoms with van der Waals surface area (Å²) in [5, 5.41) is 10.3. The SMILES string of the molecule is CSc1n[nH]c(NC(=O)C2(c3ccccc3)CCCC2)n1. The lowest BCUT2D eigenvalue weighted by Gasteiger charge is -2.27. The van der Waals surface area contributed by atoms with E-state index in [1.54, 1.807) is 0 Å². The summed E-state index contributed by atoms with van der Waals surface area (Å²) in [7, 11) is 0. The van der Waals surface area contributed by atoms with Crippen molar-refractivity contribution in [3.05, 3.63) is 35.9 Å². The largest absolute Gasteiger partial charge is 0.294 e. The number of aromatic nitrogens is 3. The summed E-state index contributed by atoms with van der Waals surface area (Å²) in [6.07, 6.45) is 5.82. The first-order valence-electron chi connectivity index (χ1n) is 7.08. The second-order valence-corrected chi connectivity index (χ2v) is 6.05. The zero-order valence-electron chi connectivity index (χ0n) is 11.9. The van der Waals surface area contributed by atoms with Crippen molar-refractivity contribution in [2.24, 2.45) is 0 Å². The highest BCUT2D eigenvalue weighted by Gasteiger charge is 2.42. The fourth-order valence-corrected chi connectivity index (χ4v) is 3.32. The Bertz CT molecular complexity index is 620. The van der Waals surface area contributed by atoms with Crippen molar-refractivity contribution in [2.45, 2.75) is 36.3 Å². The molecule has 0 atom stereocenters. The van der Waals surface area contributed by atoms with E-state index in [-0.39, 0.29) is 5.91 Å². The summed E-state index contributed by atoms with van der Waals surface area (Å²) < 4.78 is 0. The standard InChI is InChI=1S/C15H18N4OS/c1-21-14-17-13(18-19-14)16-12(20)15(9-5-6-10-15)11-7-3-2-4-8-11/h2-4,7-8H,5-6,9-10H2,1H3,(H2,16,17,18,19,20). The molecule has 0 unspecified atom stereocenters. The molecule has 1 aromatic carbocycles. The summed E-state index contributed by atoms with van der Waals surface area (Å²) in [5.41, 5.74) is 0.651. The molecule has 1 aromatic heterocycles. The predicted octanol–water partition coefficient (Wildman–Crippen LogP) is 2.98. The van der Waals surface area contributed by atoms with Crippen molar-refractivity contribution >= 4 is 23.6 Å². The van der Waals surface area contributed by atoms with Crippen LogP contribution in [0.15, 0.2) is 35.5 Å². The lowest BCUT2D eigenvalue weighted by molar-refractivity contribution is -0.121. The third-order valence-electron chi connectivity index (χ3n) is 4.10. The molecular weight excluding hydrogens is 284 g/mol. The molecule has 0 aliphatic heterocycles. The minimum Gasteiger partial charge on any atom is -0.294 e. The van der Waals surface area contributed by atoms with Crippen molar-refractivity contribution in [1.82, 2.24) is 15.2 Å². The molecule has 1 heterocycles. The first kappa shape index (κ1) is 14.1. The maximum atomic E-state index is 12.8. The lowest BCUT2D eigenvalue weighted by atomic mass is 9.78. The van der Waals surface area contributed by atoms with Gasteiger partial charge in [-0.25, -0.2) is 5.10 Å². The maximum Gasteiger partial charge on any atom is 0.237 e. The summed E-state index contributed by atoms with van der Waals surface area (Å²) in [6, 6.07) is 10.0. The van der Waals surface area contributed by atoms with E-state index in [9.17, 15) is 4.79 Å². The van der Waals surface area contributed by atoms with E-state index in [1.165, 1.54) is 11.8 Å². The number of hydrogen-bond donors (Lipinski definition) is 2. The van der Waals surface area contributed by atoms with Gasteiger partial charge in [-0.2, -0.15) is 4.98 Å². The summed E-state index contributed by atoms with van der Waals surface area (Å²) in [6.45, 7) is 0. The van der Waals surface area contributed by atoms with E-state index in [1.807, 2.05) is 36.6 Å². The molecule has 5 nitrogen and oxygen atoms in total. The van der Waals surface area contributed by atoms with E-state index in [0.717, 1.165) is 31.2 Å². The molecule has 1 saturated carbocycles. The van der Waals surface area contributed by atoms with Gasteiger partial charge in [-0.15, -0.1) is 5.10 Å². The van der Waals surface area contributed by atoms with Gasteiger partial charge in [0.2, 0.25) is 17.0 Å².